The van der Waals surface area contributed by atoms with E-state index in [2.05, 4.69) is 5.32 Å². The molecule has 0 rings (SSSR count). The van der Waals surface area contributed by atoms with Crippen LogP contribution in [0.25, 0.3) is 0 Å². The molecule has 1 unspecified atom stereocenters. The molecule has 0 aromatic heterocycles. The van der Waals surface area contributed by atoms with E-state index >= 15 is 0 Å². The molecule has 0 aromatic rings. The molecular weight excluding hydrogens is 164 g/mol. The predicted octanol–water partition coefficient (Wildman–Crippen LogP) is -0.301. The van der Waals surface area contributed by atoms with Crippen LogP contribution in [0.5, 0.6) is 0 Å². The molecule has 66 valence electrons. The smallest absolute Gasteiger partial charge is 0.317 e. The second-order valence-corrected chi connectivity index (χ2v) is 3.53. The fourth-order valence-corrected chi connectivity index (χ4v) is 1.26. The van der Waals surface area contributed by atoms with Gasteiger partial charge in [0.15, 0.2) is 0 Å². The lowest BCUT2D eigenvalue weighted by Crippen LogP contribution is -2.34. The number of aliphatic carboxylic acids is 1. The molecule has 4 nitrogen and oxygen atoms in total. The van der Waals surface area contributed by atoms with Crippen LogP contribution in [0.1, 0.15) is 6.92 Å². The standard InChI is InChI=1S/C6H14N2O2S/c1-2-11-5(7)3-8-4-6(9)10/h5,8H,2-4,7H2,1H3,(H,9,10). The number of carboxylic acid groups (broad SMARTS) is 1. The summed E-state index contributed by atoms with van der Waals surface area (Å²) in [6, 6.07) is 0. The minimum Gasteiger partial charge on any atom is -0.480 e. The largest absolute Gasteiger partial charge is 0.480 e. The number of thioether (sulfide) groups is 1. The molecule has 11 heavy (non-hydrogen) atoms. The molecule has 0 fully saturated rings. The normalized spacial score (nSPS) is 12.9. The second kappa shape index (κ2) is 6.45. The van der Waals surface area contributed by atoms with Crippen LogP contribution in [-0.4, -0.2) is 35.3 Å². The molecular formula is C6H14N2O2S. The molecule has 1 atom stereocenters. The zero-order valence-electron chi connectivity index (χ0n) is 6.54. The van der Waals surface area contributed by atoms with Gasteiger partial charge in [0.2, 0.25) is 0 Å². The maximum Gasteiger partial charge on any atom is 0.317 e. The number of carboxylic acids is 1. The molecule has 5 heteroatoms. The van der Waals surface area contributed by atoms with Crippen molar-refractivity contribution >= 4 is 17.7 Å². The molecule has 0 saturated heterocycles. The summed E-state index contributed by atoms with van der Waals surface area (Å²) in [5.41, 5.74) is 5.58. The third kappa shape index (κ3) is 7.64. The van der Waals surface area contributed by atoms with Crippen LogP contribution in [-0.2, 0) is 4.79 Å². The number of nitrogens with two attached hydrogens (primary N) is 1. The van der Waals surface area contributed by atoms with Crippen LogP contribution in [0.4, 0.5) is 0 Å². The van der Waals surface area contributed by atoms with E-state index in [-0.39, 0.29) is 11.9 Å². The third-order valence-electron chi connectivity index (χ3n) is 1.00. The summed E-state index contributed by atoms with van der Waals surface area (Å²) in [6.45, 7) is 2.55. The molecule has 0 spiro atoms. The van der Waals surface area contributed by atoms with Crippen molar-refractivity contribution in [3.63, 3.8) is 0 Å². The summed E-state index contributed by atoms with van der Waals surface area (Å²) in [5, 5.41) is 11.0. The van der Waals surface area contributed by atoms with E-state index < -0.39 is 5.97 Å². The predicted molar refractivity (Wildman–Crippen MR) is 46.6 cm³/mol. The number of rotatable bonds is 6. The highest BCUT2D eigenvalue weighted by Gasteiger charge is 2.01. The first kappa shape index (κ1) is 10.7. The Balaban J connectivity index is 3.16. The average molecular weight is 178 g/mol. The zero-order valence-corrected chi connectivity index (χ0v) is 7.36. The van der Waals surface area contributed by atoms with Gasteiger partial charge in [-0.1, -0.05) is 6.92 Å². The summed E-state index contributed by atoms with van der Waals surface area (Å²) in [7, 11) is 0. The van der Waals surface area contributed by atoms with E-state index in [1.807, 2.05) is 6.92 Å². The first-order chi connectivity index (χ1) is 5.16. The Morgan fingerprint density at radius 3 is 2.91 bits per heavy atom. The molecule has 0 aromatic carbocycles. The molecule has 0 radical (unpaired) electrons. The average Bonchev–Trinajstić information content (AvgIpc) is 1.87. The molecule has 0 aliphatic carbocycles. The number of hydrogen-bond acceptors (Lipinski definition) is 4. The number of nitrogens with one attached hydrogen (secondary N) is 1. The van der Waals surface area contributed by atoms with Crippen LogP contribution < -0.4 is 11.1 Å². The molecule has 0 aliphatic rings. The summed E-state index contributed by atoms with van der Waals surface area (Å²) in [4.78, 5) is 10.0. The van der Waals surface area contributed by atoms with Gasteiger partial charge in [-0.2, -0.15) is 0 Å². The second-order valence-electron chi connectivity index (χ2n) is 2.02. The van der Waals surface area contributed by atoms with Gasteiger partial charge in [-0.3, -0.25) is 4.79 Å². The monoisotopic (exact) mass is 178 g/mol. The quantitative estimate of drug-likeness (QED) is 0.487. The van der Waals surface area contributed by atoms with Gasteiger partial charge in [0.25, 0.3) is 0 Å². The summed E-state index contributed by atoms with van der Waals surface area (Å²) in [6.07, 6.45) is 0. The van der Waals surface area contributed by atoms with Crippen molar-refractivity contribution in [2.45, 2.75) is 12.3 Å². The Labute approximate surface area is 70.5 Å². The third-order valence-corrected chi connectivity index (χ3v) is 1.93. The molecule has 4 N–H and O–H groups in total. The van der Waals surface area contributed by atoms with Gasteiger partial charge in [-0.05, 0) is 5.75 Å². The number of hydrogen-bond donors (Lipinski definition) is 3. The first-order valence-electron chi connectivity index (χ1n) is 3.46. The molecule has 0 aliphatic heterocycles. The van der Waals surface area contributed by atoms with Gasteiger partial charge < -0.3 is 16.2 Å². The van der Waals surface area contributed by atoms with E-state index in [9.17, 15) is 4.79 Å². The van der Waals surface area contributed by atoms with Gasteiger partial charge >= 0.3 is 5.97 Å². The minimum absolute atomic E-state index is 0.000602. The molecule has 0 bridgehead atoms. The van der Waals surface area contributed by atoms with E-state index in [0.29, 0.717) is 6.54 Å². The van der Waals surface area contributed by atoms with Crippen LogP contribution >= 0.6 is 11.8 Å². The maximum absolute atomic E-state index is 10.0. The van der Waals surface area contributed by atoms with Gasteiger partial charge in [-0.25, -0.2) is 0 Å². The van der Waals surface area contributed by atoms with Crippen molar-refractivity contribution in [3.8, 4) is 0 Å². The summed E-state index contributed by atoms with van der Waals surface area (Å²) in [5.74, 6) is 0.106. The topological polar surface area (TPSA) is 75.3 Å². The maximum atomic E-state index is 10.0. The molecule has 0 heterocycles. The van der Waals surface area contributed by atoms with Gasteiger partial charge in [0.1, 0.15) is 0 Å². The highest BCUT2D eigenvalue weighted by Crippen LogP contribution is 2.01. The van der Waals surface area contributed by atoms with Gasteiger partial charge in [0.05, 0.1) is 11.9 Å². The minimum atomic E-state index is -0.848. The SMILES string of the molecule is CCSC(N)CNCC(=O)O. The highest BCUT2D eigenvalue weighted by molar-refractivity contribution is 7.99. The van der Waals surface area contributed by atoms with Crippen molar-refractivity contribution < 1.29 is 9.90 Å². The summed E-state index contributed by atoms with van der Waals surface area (Å²) < 4.78 is 0. The van der Waals surface area contributed by atoms with Gasteiger partial charge in [0, 0.05) is 6.54 Å². The lowest BCUT2D eigenvalue weighted by atomic mass is 10.6. The van der Waals surface area contributed by atoms with Crippen molar-refractivity contribution in [2.24, 2.45) is 5.73 Å². The fourth-order valence-electron chi connectivity index (χ4n) is 0.594. The van der Waals surface area contributed by atoms with Crippen molar-refractivity contribution in [3.05, 3.63) is 0 Å². The molecule has 0 saturated carbocycles. The number of carbonyl (C=O) groups is 1. The Morgan fingerprint density at radius 1 is 1.82 bits per heavy atom. The van der Waals surface area contributed by atoms with Crippen LogP contribution in [0, 0.1) is 0 Å². The first-order valence-corrected chi connectivity index (χ1v) is 4.51. The van der Waals surface area contributed by atoms with Crippen molar-refractivity contribution in [2.75, 3.05) is 18.8 Å². The van der Waals surface area contributed by atoms with Crippen LogP contribution in [0.15, 0.2) is 0 Å². The lowest BCUT2D eigenvalue weighted by molar-refractivity contribution is -0.135. The summed E-state index contributed by atoms with van der Waals surface area (Å²) >= 11 is 1.61. The molecule has 0 amide bonds. The van der Waals surface area contributed by atoms with Crippen LogP contribution in [0.2, 0.25) is 0 Å². The van der Waals surface area contributed by atoms with E-state index in [0.717, 1.165) is 5.75 Å². The van der Waals surface area contributed by atoms with E-state index in [1.54, 1.807) is 11.8 Å². The van der Waals surface area contributed by atoms with Gasteiger partial charge in [-0.15, -0.1) is 11.8 Å². The van der Waals surface area contributed by atoms with E-state index in [1.165, 1.54) is 0 Å². The van der Waals surface area contributed by atoms with Crippen molar-refractivity contribution in [1.82, 2.24) is 5.32 Å². The lowest BCUT2D eigenvalue weighted by Gasteiger charge is -2.09. The Hall–Kier alpha value is -0.260. The Morgan fingerprint density at radius 2 is 2.45 bits per heavy atom. The zero-order chi connectivity index (χ0) is 8.69. The van der Waals surface area contributed by atoms with Crippen molar-refractivity contribution in [1.29, 1.82) is 0 Å². The van der Waals surface area contributed by atoms with E-state index in [4.69, 9.17) is 10.8 Å². The Bertz CT molecular complexity index is 121. The van der Waals surface area contributed by atoms with Crippen LogP contribution in [0.3, 0.4) is 0 Å². The fraction of sp³-hybridized carbons (Fsp3) is 0.833. The highest BCUT2D eigenvalue weighted by atomic mass is 32.2. The Kier molecular flexibility index (Phi) is 6.30.